The van der Waals surface area contributed by atoms with Gasteiger partial charge >= 0.3 is 0 Å². The zero-order valence-corrected chi connectivity index (χ0v) is 18.1. The predicted octanol–water partition coefficient (Wildman–Crippen LogP) is 7.56. The topological polar surface area (TPSA) is 0 Å². The first-order valence-corrected chi connectivity index (χ1v) is 12.9. The minimum atomic E-state index is 0.982. The third-order valence-electron chi connectivity index (χ3n) is 9.26. The van der Waals surface area contributed by atoms with Crippen molar-refractivity contribution in [2.45, 2.75) is 93.8 Å². The van der Waals surface area contributed by atoms with E-state index in [9.17, 15) is 0 Å². The maximum Gasteiger partial charge on any atom is 0.0112 e. The summed E-state index contributed by atoms with van der Waals surface area (Å²) in [5.74, 6) is 7.52. The molecule has 8 atom stereocenters. The van der Waals surface area contributed by atoms with Gasteiger partial charge in [-0.3, -0.25) is 0 Å². The van der Waals surface area contributed by atoms with Gasteiger partial charge in [-0.15, -0.1) is 0 Å². The average Bonchev–Trinajstić information content (AvgIpc) is 2.67. The Kier molecular flexibility index (Phi) is 5.25. The van der Waals surface area contributed by atoms with Crippen molar-refractivity contribution in [1.29, 1.82) is 0 Å². The maximum absolute atomic E-state index is 2.78. The smallest absolute Gasteiger partial charge is 0.0112 e. The monoisotopic (exact) mass is 452 g/mol. The second-order valence-electron chi connectivity index (χ2n) is 10.4. The Morgan fingerprint density at radius 1 is 0.680 bits per heavy atom. The molecule has 5 aliphatic carbocycles. The second-order valence-corrected chi connectivity index (χ2v) is 12.1. The molecule has 0 aromatic rings. The van der Waals surface area contributed by atoms with Crippen LogP contribution < -0.4 is 0 Å². The summed E-state index contributed by atoms with van der Waals surface area (Å²) in [4.78, 5) is 0. The maximum atomic E-state index is 2.78. The van der Waals surface area contributed by atoms with Crippen molar-refractivity contribution in [3.63, 3.8) is 0 Å². The van der Waals surface area contributed by atoms with Crippen LogP contribution in [0.2, 0.25) is 0 Å². The van der Waals surface area contributed by atoms with Gasteiger partial charge in [0.25, 0.3) is 0 Å². The molecule has 5 aliphatic rings. The van der Waals surface area contributed by atoms with Crippen molar-refractivity contribution in [2.75, 3.05) is 0 Å². The van der Waals surface area contributed by atoms with Crippen molar-refractivity contribution >= 4 is 22.6 Å². The molecular formula is C24H37I. The SMILES string of the molecule is I[C@H]1CC[C@H]2CC(C3=CCC4C(CCC5CCCCC54)C3)CCC2C1. The van der Waals surface area contributed by atoms with E-state index in [4.69, 9.17) is 0 Å². The molecule has 140 valence electrons. The van der Waals surface area contributed by atoms with Gasteiger partial charge in [-0.05, 0) is 112 Å². The van der Waals surface area contributed by atoms with E-state index < -0.39 is 0 Å². The fourth-order valence-electron chi connectivity index (χ4n) is 7.95. The molecule has 0 N–H and O–H groups in total. The van der Waals surface area contributed by atoms with Crippen LogP contribution in [0.5, 0.6) is 0 Å². The Morgan fingerprint density at radius 2 is 1.44 bits per heavy atom. The molecule has 0 aliphatic heterocycles. The van der Waals surface area contributed by atoms with Crippen LogP contribution in [0.25, 0.3) is 0 Å². The molecule has 6 unspecified atom stereocenters. The lowest BCUT2D eigenvalue weighted by Crippen LogP contribution is -2.39. The predicted molar refractivity (Wildman–Crippen MR) is 115 cm³/mol. The Bertz CT molecular complexity index is 508. The van der Waals surface area contributed by atoms with E-state index in [1.54, 1.807) is 38.5 Å². The van der Waals surface area contributed by atoms with E-state index in [0.29, 0.717) is 0 Å². The summed E-state index contributed by atoms with van der Waals surface area (Å²) < 4.78 is 0.982. The molecular weight excluding hydrogens is 415 g/mol. The molecule has 0 bridgehead atoms. The molecule has 0 aromatic heterocycles. The lowest BCUT2D eigenvalue weighted by Gasteiger charge is -2.49. The van der Waals surface area contributed by atoms with E-state index in [2.05, 4.69) is 28.7 Å². The number of alkyl halides is 1. The molecule has 4 saturated carbocycles. The standard InChI is InChI=1S/C24H37I/c25-22-11-9-18-13-17(6-7-20(18)15-22)19-10-12-24-21(14-19)8-5-16-3-1-2-4-23(16)24/h10,16-18,20-24H,1-9,11-15H2/t16?,17?,18-,20?,21?,22-,23?,24?/m0/s1. The number of hydrogen-bond donors (Lipinski definition) is 0. The van der Waals surface area contributed by atoms with Gasteiger partial charge in [0.1, 0.15) is 0 Å². The van der Waals surface area contributed by atoms with Gasteiger partial charge < -0.3 is 0 Å². The molecule has 0 aromatic carbocycles. The summed E-state index contributed by atoms with van der Waals surface area (Å²) in [6.45, 7) is 0. The summed E-state index contributed by atoms with van der Waals surface area (Å²) in [6, 6.07) is 0. The largest absolute Gasteiger partial charge is 0.0847 e. The minimum absolute atomic E-state index is 0.982. The van der Waals surface area contributed by atoms with Crippen LogP contribution in [0.4, 0.5) is 0 Å². The van der Waals surface area contributed by atoms with Gasteiger partial charge in [0, 0.05) is 3.92 Å². The summed E-state index contributed by atoms with van der Waals surface area (Å²) >= 11 is 2.72. The molecule has 1 heteroatoms. The van der Waals surface area contributed by atoms with Crippen LogP contribution >= 0.6 is 22.6 Å². The number of rotatable bonds is 1. The third-order valence-corrected chi connectivity index (χ3v) is 10.4. The summed E-state index contributed by atoms with van der Waals surface area (Å²) in [7, 11) is 0. The van der Waals surface area contributed by atoms with E-state index in [-0.39, 0.29) is 0 Å². The summed E-state index contributed by atoms with van der Waals surface area (Å²) in [6.07, 6.45) is 24.3. The number of allylic oxidation sites excluding steroid dienone is 2. The van der Waals surface area contributed by atoms with Crippen molar-refractivity contribution in [1.82, 2.24) is 0 Å². The zero-order valence-electron chi connectivity index (χ0n) is 16.0. The highest BCUT2D eigenvalue weighted by molar-refractivity contribution is 14.1. The van der Waals surface area contributed by atoms with Gasteiger partial charge in [-0.1, -0.05) is 53.5 Å². The van der Waals surface area contributed by atoms with E-state index in [0.717, 1.165) is 45.3 Å². The van der Waals surface area contributed by atoms with E-state index >= 15 is 0 Å². The third kappa shape index (κ3) is 3.49. The van der Waals surface area contributed by atoms with Crippen LogP contribution in [0.1, 0.15) is 89.9 Å². The molecule has 25 heavy (non-hydrogen) atoms. The number of halogens is 1. The quantitative estimate of drug-likeness (QED) is 0.219. The highest BCUT2D eigenvalue weighted by atomic mass is 127. The molecule has 0 nitrogen and oxygen atoms in total. The minimum Gasteiger partial charge on any atom is -0.0847 e. The summed E-state index contributed by atoms with van der Waals surface area (Å²) in [5.41, 5.74) is 1.94. The van der Waals surface area contributed by atoms with Crippen molar-refractivity contribution in [3.05, 3.63) is 11.6 Å². The molecule has 0 radical (unpaired) electrons. The summed E-state index contributed by atoms with van der Waals surface area (Å²) in [5, 5.41) is 0. The average molecular weight is 452 g/mol. The van der Waals surface area contributed by atoms with Crippen LogP contribution in [0.15, 0.2) is 11.6 Å². The molecule has 0 saturated heterocycles. The molecule has 5 rings (SSSR count). The van der Waals surface area contributed by atoms with E-state index in [1.165, 1.54) is 51.4 Å². The second kappa shape index (κ2) is 7.47. The first-order chi connectivity index (χ1) is 12.3. The Labute approximate surface area is 169 Å². The van der Waals surface area contributed by atoms with Crippen molar-refractivity contribution < 1.29 is 0 Å². The van der Waals surface area contributed by atoms with Gasteiger partial charge in [-0.25, -0.2) is 0 Å². The fraction of sp³-hybridized carbons (Fsp3) is 0.917. The van der Waals surface area contributed by atoms with Gasteiger partial charge in [-0.2, -0.15) is 0 Å². The molecule has 0 heterocycles. The van der Waals surface area contributed by atoms with Crippen LogP contribution in [-0.4, -0.2) is 3.92 Å². The Hall–Kier alpha value is 0.470. The lowest BCUT2D eigenvalue weighted by molar-refractivity contribution is 0.0473. The Balaban J connectivity index is 1.25. The Morgan fingerprint density at radius 3 is 2.40 bits per heavy atom. The van der Waals surface area contributed by atoms with Crippen LogP contribution in [0.3, 0.4) is 0 Å². The number of hydrogen-bond acceptors (Lipinski definition) is 0. The zero-order chi connectivity index (χ0) is 16.8. The van der Waals surface area contributed by atoms with E-state index in [1.807, 2.05) is 5.57 Å². The molecule has 0 spiro atoms. The van der Waals surface area contributed by atoms with Gasteiger partial charge in [0.15, 0.2) is 0 Å². The lowest BCUT2D eigenvalue weighted by atomic mass is 9.56. The van der Waals surface area contributed by atoms with Crippen molar-refractivity contribution in [3.8, 4) is 0 Å². The first kappa shape index (κ1) is 17.6. The molecule has 0 amide bonds. The first-order valence-electron chi connectivity index (χ1n) is 11.6. The highest BCUT2D eigenvalue weighted by Gasteiger charge is 2.43. The van der Waals surface area contributed by atoms with Gasteiger partial charge in [0.05, 0.1) is 0 Å². The highest BCUT2D eigenvalue weighted by Crippen LogP contribution is 2.54. The van der Waals surface area contributed by atoms with Crippen LogP contribution in [-0.2, 0) is 0 Å². The fourth-order valence-corrected chi connectivity index (χ4v) is 8.96. The van der Waals surface area contributed by atoms with Gasteiger partial charge in [0.2, 0.25) is 0 Å². The number of fused-ring (bicyclic) bond motifs is 4. The van der Waals surface area contributed by atoms with Crippen LogP contribution in [0, 0.1) is 41.4 Å². The molecule has 4 fully saturated rings. The van der Waals surface area contributed by atoms with Crippen molar-refractivity contribution in [2.24, 2.45) is 41.4 Å². The normalized spacial score (nSPS) is 50.2.